The molecule has 0 atom stereocenters. The van der Waals surface area contributed by atoms with Gasteiger partial charge in [0.2, 0.25) is 0 Å². The zero-order valence-electron chi connectivity index (χ0n) is 14.3. The van der Waals surface area contributed by atoms with Crippen LogP contribution in [-0.2, 0) is 9.31 Å². The van der Waals surface area contributed by atoms with Gasteiger partial charge in [-0.2, -0.15) is 0 Å². The van der Waals surface area contributed by atoms with E-state index in [1.165, 1.54) is 0 Å². The van der Waals surface area contributed by atoms with Crippen LogP contribution in [0.2, 0.25) is 0 Å². The third-order valence-corrected chi connectivity index (χ3v) is 5.28. The lowest BCUT2D eigenvalue weighted by Gasteiger charge is -2.32. The molecule has 1 aliphatic heterocycles. The predicted molar refractivity (Wildman–Crippen MR) is 97.8 cm³/mol. The monoisotopic (exact) mass is 321 g/mol. The van der Waals surface area contributed by atoms with Crippen molar-refractivity contribution < 1.29 is 9.31 Å². The second-order valence-electron chi connectivity index (χ2n) is 7.39. The van der Waals surface area contributed by atoms with Crippen LogP contribution in [0.3, 0.4) is 0 Å². The van der Waals surface area contributed by atoms with E-state index in [1.807, 2.05) is 64.1 Å². The van der Waals surface area contributed by atoms with Crippen molar-refractivity contribution in [3.63, 3.8) is 0 Å². The maximum atomic E-state index is 12.2. The van der Waals surface area contributed by atoms with E-state index in [2.05, 4.69) is 11.1 Å². The fourth-order valence-electron chi connectivity index (χ4n) is 3.13. The molecule has 2 heterocycles. The number of aromatic nitrogens is 1. The van der Waals surface area contributed by atoms with E-state index in [9.17, 15) is 4.79 Å². The zero-order valence-corrected chi connectivity index (χ0v) is 14.3. The van der Waals surface area contributed by atoms with Crippen LogP contribution in [0.5, 0.6) is 0 Å². The fraction of sp³-hybridized carbons (Fsp3) is 0.316. The first-order valence-corrected chi connectivity index (χ1v) is 8.19. The Kier molecular flexibility index (Phi) is 3.18. The van der Waals surface area contributed by atoms with Gasteiger partial charge in [-0.3, -0.25) is 4.79 Å². The first-order chi connectivity index (χ1) is 11.3. The molecule has 0 unspecified atom stereocenters. The number of benzene rings is 2. The van der Waals surface area contributed by atoms with Crippen LogP contribution >= 0.6 is 0 Å². The molecule has 122 valence electrons. The Balaban J connectivity index is 1.89. The normalized spacial score (nSPS) is 19.2. The molecule has 24 heavy (non-hydrogen) atoms. The number of rotatable bonds is 1. The summed E-state index contributed by atoms with van der Waals surface area (Å²) in [5.41, 5.74) is 0.957. The quantitative estimate of drug-likeness (QED) is 0.554. The third-order valence-electron chi connectivity index (χ3n) is 5.28. The molecule has 0 bridgehead atoms. The van der Waals surface area contributed by atoms with Crippen LogP contribution in [0.25, 0.3) is 21.7 Å². The molecule has 0 spiro atoms. The van der Waals surface area contributed by atoms with Crippen LogP contribution in [0.4, 0.5) is 0 Å². The molecule has 3 aromatic rings. The summed E-state index contributed by atoms with van der Waals surface area (Å²) >= 11 is 0. The van der Waals surface area contributed by atoms with Gasteiger partial charge in [-0.25, -0.2) is 0 Å². The molecule has 5 heteroatoms. The van der Waals surface area contributed by atoms with Crippen molar-refractivity contribution in [3.8, 4) is 0 Å². The Morgan fingerprint density at radius 3 is 2.17 bits per heavy atom. The van der Waals surface area contributed by atoms with E-state index in [0.717, 1.165) is 21.8 Å². The summed E-state index contributed by atoms with van der Waals surface area (Å²) in [6, 6.07) is 13.6. The van der Waals surface area contributed by atoms with E-state index in [1.54, 1.807) is 0 Å². The SMILES string of the molecule is CC1(C)OB(c2ccc3[nH]c(=O)c4ccccc4c3c2)OC1(C)C. The molecule has 0 radical (unpaired) electrons. The van der Waals surface area contributed by atoms with Crippen molar-refractivity contribution >= 4 is 34.3 Å². The van der Waals surface area contributed by atoms with Crippen LogP contribution in [0, 0.1) is 0 Å². The lowest BCUT2D eigenvalue weighted by Crippen LogP contribution is -2.41. The molecule has 0 aliphatic carbocycles. The topological polar surface area (TPSA) is 51.3 Å². The van der Waals surface area contributed by atoms with E-state index in [4.69, 9.17) is 9.31 Å². The summed E-state index contributed by atoms with van der Waals surface area (Å²) < 4.78 is 12.3. The molecule has 1 aromatic heterocycles. The minimum atomic E-state index is -0.412. The van der Waals surface area contributed by atoms with Gasteiger partial charge in [0, 0.05) is 16.3 Å². The van der Waals surface area contributed by atoms with Gasteiger partial charge in [0.25, 0.3) is 5.56 Å². The number of hydrogen-bond donors (Lipinski definition) is 1. The van der Waals surface area contributed by atoms with Gasteiger partial charge in [0.1, 0.15) is 0 Å². The van der Waals surface area contributed by atoms with Gasteiger partial charge >= 0.3 is 7.12 Å². The number of nitrogens with one attached hydrogen (secondary N) is 1. The first kappa shape index (κ1) is 15.4. The van der Waals surface area contributed by atoms with E-state index in [0.29, 0.717) is 5.39 Å². The Morgan fingerprint density at radius 1 is 0.875 bits per heavy atom. The molecule has 1 fully saturated rings. The van der Waals surface area contributed by atoms with Crippen molar-refractivity contribution in [2.45, 2.75) is 38.9 Å². The highest BCUT2D eigenvalue weighted by Crippen LogP contribution is 2.36. The molecule has 1 aliphatic rings. The van der Waals surface area contributed by atoms with Gasteiger partial charge in [0.05, 0.1) is 11.2 Å². The van der Waals surface area contributed by atoms with Gasteiger partial charge in [-0.15, -0.1) is 0 Å². The average molecular weight is 321 g/mol. The van der Waals surface area contributed by atoms with Crippen molar-refractivity contribution in [1.29, 1.82) is 0 Å². The molecule has 0 amide bonds. The minimum Gasteiger partial charge on any atom is -0.399 e. The first-order valence-electron chi connectivity index (χ1n) is 8.19. The Morgan fingerprint density at radius 2 is 1.50 bits per heavy atom. The molecule has 4 rings (SSSR count). The maximum absolute atomic E-state index is 12.2. The van der Waals surface area contributed by atoms with Gasteiger partial charge < -0.3 is 14.3 Å². The Bertz CT molecular complexity index is 990. The molecular formula is C19H20BNO3. The zero-order chi connectivity index (χ0) is 17.1. The maximum Gasteiger partial charge on any atom is 0.494 e. The summed E-state index contributed by atoms with van der Waals surface area (Å²) in [4.78, 5) is 15.1. The van der Waals surface area contributed by atoms with E-state index in [-0.39, 0.29) is 16.8 Å². The smallest absolute Gasteiger partial charge is 0.399 e. The molecule has 1 N–H and O–H groups in total. The molecule has 2 aromatic carbocycles. The number of aromatic amines is 1. The van der Waals surface area contributed by atoms with Crippen LogP contribution < -0.4 is 11.0 Å². The van der Waals surface area contributed by atoms with Crippen LogP contribution in [0.15, 0.2) is 47.3 Å². The second kappa shape index (κ2) is 4.95. The van der Waals surface area contributed by atoms with Gasteiger partial charge in [-0.05, 0) is 50.7 Å². The summed E-state index contributed by atoms with van der Waals surface area (Å²) in [5, 5.41) is 2.63. The van der Waals surface area contributed by atoms with Crippen molar-refractivity contribution in [1.82, 2.24) is 4.98 Å². The van der Waals surface area contributed by atoms with Crippen molar-refractivity contribution in [3.05, 3.63) is 52.8 Å². The van der Waals surface area contributed by atoms with Crippen molar-refractivity contribution in [2.24, 2.45) is 0 Å². The lowest BCUT2D eigenvalue weighted by molar-refractivity contribution is 0.00578. The van der Waals surface area contributed by atoms with E-state index < -0.39 is 7.12 Å². The van der Waals surface area contributed by atoms with Gasteiger partial charge in [-0.1, -0.05) is 30.3 Å². The molecule has 0 saturated carbocycles. The lowest BCUT2D eigenvalue weighted by atomic mass is 9.78. The molecule has 4 nitrogen and oxygen atoms in total. The summed E-state index contributed by atoms with van der Waals surface area (Å²) in [5.74, 6) is 0. The average Bonchev–Trinajstić information content (AvgIpc) is 2.75. The highest BCUT2D eigenvalue weighted by molar-refractivity contribution is 6.62. The Labute approximate surface area is 140 Å². The summed E-state index contributed by atoms with van der Waals surface area (Å²) in [6.45, 7) is 8.17. The van der Waals surface area contributed by atoms with E-state index >= 15 is 0 Å². The second-order valence-corrected chi connectivity index (χ2v) is 7.39. The van der Waals surface area contributed by atoms with Crippen LogP contribution in [0.1, 0.15) is 27.7 Å². The summed E-state index contributed by atoms with van der Waals surface area (Å²) in [6.07, 6.45) is 0. The summed E-state index contributed by atoms with van der Waals surface area (Å²) in [7, 11) is -0.412. The highest BCUT2D eigenvalue weighted by Gasteiger charge is 2.51. The Hall–Kier alpha value is -2.11. The molecule has 1 saturated heterocycles. The van der Waals surface area contributed by atoms with Crippen LogP contribution in [-0.4, -0.2) is 23.3 Å². The number of H-pyrrole nitrogens is 1. The fourth-order valence-corrected chi connectivity index (χ4v) is 3.13. The third kappa shape index (κ3) is 2.19. The highest BCUT2D eigenvalue weighted by atomic mass is 16.7. The molecular weight excluding hydrogens is 301 g/mol. The van der Waals surface area contributed by atoms with Crippen molar-refractivity contribution in [2.75, 3.05) is 0 Å². The number of hydrogen-bond acceptors (Lipinski definition) is 3. The number of pyridine rings is 1. The standard InChI is InChI=1S/C19H20BNO3/c1-18(2)19(3,4)24-20(23-18)12-9-10-16-15(11-12)13-7-5-6-8-14(13)17(22)21-16/h5-11H,1-4H3,(H,21,22). The minimum absolute atomic E-state index is 0.0681. The van der Waals surface area contributed by atoms with Gasteiger partial charge in [0.15, 0.2) is 0 Å². The largest absolute Gasteiger partial charge is 0.494 e. The number of fused-ring (bicyclic) bond motifs is 3. The predicted octanol–water partition coefficient (Wildman–Crippen LogP) is 2.98.